The molecule has 2 aromatic carbocycles. The Morgan fingerprint density at radius 2 is 1.85 bits per heavy atom. The van der Waals surface area contributed by atoms with E-state index in [0.29, 0.717) is 6.42 Å². The zero-order valence-electron chi connectivity index (χ0n) is 11.1. The van der Waals surface area contributed by atoms with Gasteiger partial charge in [0.1, 0.15) is 0 Å². The van der Waals surface area contributed by atoms with Crippen LogP contribution in [-0.2, 0) is 11.2 Å². The molecule has 0 radical (unpaired) electrons. The quantitative estimate of drug-likeness (QED) is 0.879. The van der Waals surface area contributed by atoms with E-state index in [4.69, 9.17) is 5.73 Å². The fraction of sp³-hybridized carbons (Fsp3) is 0.235. The summed E-state index contributed by atoms with van der Waals surface area (Å²) in [5, 5.41) is 9.41. The number of aliphatic carboxylic acids is 1. The lowest BCUT2D eigenvalue weighted by molar-refractivity contribution is -0.139. The molecule has 0 amide bonds. The zero-order valence-corrected chi connectivity index (χ0v) is 11.1. The van der Waals surface area contributed by atoms with Gasteiger partial charge in [-0.2, -0.15) is 0 Å². The standard InChI is InChI=1S/C17H17NO2/c18-14-8-13-7-6-12(11-4-2-1-3-5-11)9-15(13)16(10-14)17(19)20/h1-7,9,14,16H,8,10,18H2,(H,19,20). The first kappa shape index (κ1) is 12.9. The van der Waals surface area contributed by atoms with Gasteiger partial charge in [0.25, 0.3) is 0 Å². The highest BCUT2D eigenvalue weighted by atomic mass is 16.4. The molecule has 0 aliphatic heterocycles. The van der Waals surface area contributed by atoms with Gasteiger partial charge < -0.3 is 10.8 Å². The van der Waals surface area contributed by atoms with E-state index in [1.54, 1.807) is 0 Å². The summed E-state index contributed by atoms with van der Waals surface area (Å²) in [7, 11) is 0. The van der Waals surface area contributed by atoms with E-state index in [-0.39, 0.29) is 6.04 Å². The van der Waals surface area contributed by atoms with Crippen LogP contribution in [0.15, 0.2) is 48.5 Å². The third-order valence-corrected chi connectivity index (χ3v) is 3.95. The number of hydrogen-bond donors (Lipinski definition) is 2. The van der Waals surface area contributed by atoms with Crippen LogP contribution in [0.1, 0.15) is 23.5 Å². The van der Waals surface area contributed by atoms with Gasteiger partial charge in [-0.3, -0.25) is 4.79 Å². The summed E-state index contributed by atoms with van der Waals surface area (Å²) in [6, 6.07) is 16.0. The highest BCUT2D eigenvalue weighted by Crippen LogP contribution is 2.34. The van der Waals surface area contributed by atoms with Crippen LogP contribution < -0.4 is 5.73 Å². The van der Waals surface area contributed by atoms with E-state index in [1.165, 1.54) is 0 Å². The van der Waals surface area contributed by atoms with E-state index in [1.807, 2.05) is 48.5 Å². The Bertz CT molecular complexity index is 637. The minimum absolute atomic E-state index is 0.0637. The monoisotopic (exact) mass is 267 g/mol. The number of carboxylic acid groups (broad SMARTS) is 1. The molecule has 2 unspecified atom stereocenters. The average Bonchev–Trinajstić information content (AvgIpc) is 2.46. The third kappa shape index (κ3) is 2.32. The minimum Gasteiger partial charge on any atom is -0.481 e. The molecule has 0 heterocycles. The Labute approximate surface area is 118 Å². The van der Waals surface area contributed by atoms with Crippen LogP contribution in [0, 0.1) is 0 Å². The summed E-state index contributed by atoms with van der Waals surface area (Å²) in [4.78, 5) is 11.5. The molecule has 3 nitrogen and oxygen atoms in total. The number of benzene rings is 2. The Morgan fingerprint density at radius 3 is 2.55 bits per heavy atom. The maximum atomic E-state index is 11.5. The molecule has 102 valence electrons. The van der Waals surface area contributed by atoms with E-state index in [0.717, 1.165) is 28.7 Å². The minimum atomic E-state index is -0.786. The van der Waals surface area contributed by atoms with E-state index < -0.39 is 11.9 Å². The van der Waals surface area contributed by atoms with Crippen LogP contribution >= 0.6 is 0 Å². The SMILES string of the molecule is NC1Cc2ccc(-c3ccccc3)cc2C(C(=O)O)C1. The van der Waals surface area contributed by atoms with Crippen LogP contribution in [0.4, 0.5) is 0 Å². The second-order valence-electron chi connectivity index (χ2n) is 5.37. The van der Waals surface area contributed by atoms with Gasteiger partial charge in [0.15, 0.2) is 0 Å². The van der Waals surface area contributed by atoms with Crippen LogP contribution in [-0.4, -0.2) is 17.1 Å². The number of nitrogens with two attached hydrogens (primary N) is 1. The van der Waals surface area contributed by atoms with Gasteiger partial charge in [0.2, 0.25) is 0 Å². The topological polar surface area (TPSA) is 63.3 Å². The number of carbonyl (C=O) groups is 1. The van der Waals surface area contributed by atoms with Crippen molar-refractivity contribution in [1.29, 1.82) is 0 Å². The molecule has 2 atom stereocenters. The fourth-order valence-corrected chi connectivity index (χ4v) is 2.94. The Hall–Kier alpha value is -2.13. The Morgan fingerprint density at radius 1 is 1.10 bits per heavy atom. The molecule has 0 fully saturated rings. The third-order valence-electron chi connectivity index (χ3n) is 3.95. The molecule has 1 aliphatic rings. The van der Waals surface area contributed by atoms with Gasteiger partial charge in [-0.25, -0.2) is 0 Å². The fourth-order valence-electron chi connectivity index (χ4n) is 2.94. The summed E-state index contributed by atoms with van der Waals surface area (Å²) in [6.45, 7) is 0. The maximum absolute atomic E-state index is 11.5. The average molecular weight is 267 g/mol. The molecule has 3 N–H and O–H groups in total. The zero-order chi connectivity index (χ0) is 14.1. The first-order chi connectivity index (χ1) is 9.65. The van der Waals surface area contributed by atoms with Gasteiger partial charge >= 0.3 is 5.97 Å². The predicted octanol–water partition coefficient (Wildman–Crippen LogP) is 2.80. The summed E-state index contributed by atoms with van der Waals surface area (Å²) in [6.07, 6.45) is 1.27. The lowest BCUT2D eigenvalue weighted by Crippen LogP contribution is -2.33. The molecule has 20 heavy (non-hydrogen) atoms. The molecule has 0 bridgehead atoms. The molecule has 0 aromatic heterocycles. The molecular formula is C17H17NO2. The summed E-state index contributed by atoms with van der Waals surface area (Å²) in [5.74, 6) is -1.27. The summed E-state index contributed by atoms with van der Waals surface area (Å²) < 4.78 is 0. The van der Waals surface area contributed by atoms with Crippen molar-refractivity contribution in [2.24, 2.45) is 5.73 Å². The van der Waals surface area contributed by atoms with Crippen LogP contribution in [0.2, 0.25) is 0 Å². The maximum Gasteiger partial charge on any atom is 0.311 e. The number of rotatable bonds is 2. The molecular weight excluding hydrogens is 250 g/mol. The van der Waals surface area contributed by atoms with Gasteiger partial charge in [-0.1, -0.05) is 48.5 Å². The van der Waals surface area contributed by atoms with Crippen molar-refractivity contribution in [3.8, 4) is 11.1 Å². The van der Waals surface area contributed by atoms with Crippen molar-refractivity contribution in [2.75, 3.05) is 0 Å². The second kappa shape index (κ2) is 5.10. The molecule has 3 rings (SSSR count). The van der Waals surface area contributed by atoms with Gasteiger partial charge in [-0.15, -0.1) is 0 Å². The number of fused-ring (bicyclic) bond motifs is 1. The van der Waals surface area contributed by atoms with E-state index >= 15 is 0 Å². The number of carboxylic acids is 1. The lowest BCUT2D eigenvalue weighted by atomic mass is 9.79. The smallest absolute Gasteiger partial charge is 0.311 e. The summed E-state index contributed by atoms with van der Waals surface area (Å²) >= 11 is 0. The van der Waals surface area contributed by atoms with Crippen LogP contribution in [0.3, 0.4) is 0 Å². The Kier molecular flexibility index (Phi) is 3.28. The van der Waals surface area contributed by atoms with Crippen molar-refractivity contribution in [3.63, 3.8) is 0 Å². The molecule has 0 spiro atoms. The van der Waals surface area contributed by atoms with Crippen molar-refractivity contribution in [1.82, 2.24) is 0 Å². The van der Waals surface area contributed by atoms with Crippen LogP contribution in [0.5, 0.6) is 0 Å². The predicted molar refractivity (Wildman–Crippen MR) is 78.6 cm³/mol. The molecule has 3 heteroatoms. The van der Waals surface area contributed by atoms with Gasteiger partial charge in [0, 0.05) is 6.04 Å². The van der Waals surface area contributed by atoms with Crippen molar-refractivity contribution >= 4 is 5.97 Å². The largest absolute Gasteiger partial charge is 0.481 e. The van der Waals surface area contributed by atoms with Gasteiger partial charge in [-0.05, 0) is 35.1 Å². The normalized spacial score (nSPS) is 21.2. The Balaban J connectivity index is 2.07. The second-order valence-corrected chi connectivity index (χ2v) is 5.37. The molecule has 2 aromatic rings. The van der Waals surface area contributed by atoms with Crippen molar-refractivity contribution in [2.45, 2.75) is 24.8 Å². The first-order valence-corrected chi connectivity index (χ1v) is 6.82. The first-order valence-electron chi connectivity index (χ1n) is 6.82. The molecule has 1 aliphatic carbocycles. The summed E-state index contributed by atoms with van der Waals surface area (Å²) in [5.41, 5.74) is 10.1. The van der Waals surface area contributed by atoms with E-state index in [2.05, 4.69) is 0 Å². The van der Waals surface area contributed by atoms with Gasteiger partial charge in [0.05, 0.1) is 5.92 Å². The molecule has 0 saturated carbocycles. The highest BCUT2D eigenvalue weighted by molar-refractivity contribution is 5.78. The van der Waals surface area contributed by atoms with Crippen molar-refractivity contribution in [3.05, 3.63) is 59.7 Å². The van der Waals surface area contributed by atoms with Crippen LogP contribution in [0.25, 0.3) is 11.1 Å². The lowest BCUT2D eigenvalue weighted by Gasteiger charge is -2.27. The molecule has 0 saturated heterocycles. The van der Waals surface area contributed by atoms with E-state index in [9.17, 15) is 9.90 Å². The van der Waals surface area contributed by atoms with Crippen molar-refractivity contribution < 1.29 is 9.90 Å². The number of hydrogen-bond acceptors (Lipinski definition) is 2. The highest BCUT2D eigenvalue weighted by Gasteiger charge is 2.30.